The molecule has 0 radical (unpaired) electrons. The first kappa shape index (κ1) is 31.4. The fourth-order valence-corrected chi connectivity index (χ4v) is 13.7. The minimum absolute atomic E-state index is 0.113. The van der Waals surface area contributed by atoms with E-state index in [1.807, 2.05) is 0 Å². The second kappa shape index (κ2) is 10.5. The summed E-state index contributed by atoms with van der Waals surface area (Å²) in [6.07, 6.45) is 32.1. The zero-order valence-corrected chi connectivity index (χ0v) is 31.8. The Morgan fingerprint density at radius 1 is 0.863 bits per heavy atom. The molecule has 10 atom stereocenters. The molecule has 2 aliphatic heterocycles. The monoisotopic (exact) mass is 675 g/mol. The molecular formula is C48H57N3. The standard InChI is InChI=1S/C48H57N3/c1-46(2)37-16-10-7-13-31(37)34-22-19-28(25-40(34)46)43-49-44(29-20-23-35-32-14-8-11-17-38(32)47(3,4)41(35)26-29)51-45(50(43)51)30-21-24-36-33-15-9-12-18-39(33)48(5,6)42(36)27-30/h9-12,15-19,22-23,27-29,32,36,38,41-43,45H,7-8,13-14,20-21,24-26H2,1-6H3. The third-order valence-electron chi connectivity index (χ3n) is 16.4. The van der Waals surface area contributed by atoms with Crippen LogP contribution >= 0.6 is 0 Å². The van der Waals surface area contributed by atoms with Crippen LogP contribution in [0.1, 0.15) is 116 Å². The number of nitrogens with zero attached hydrogens (tertiary/aromatic N) is 3. The van der Waals surface area contributed by atoms with Crippen molar-refractivity contribution < 1.29 is 0 Å². The molecular weight excluding hydrogens is 619 g/mol. The SMILES string of the molecule is CC1(C)C2=C(CCC=C2)C2=C1CC(C1N=C(C3CC=C4C5CCC=CC5C(C)(C)C4C3)N3C(C4=CC5C(CC4)c4ccccc4C5(C)C)N13)C=C2. The third-order valence-corrected chi connectivity index (χ3v) is 16.4. The Balaban J connectivity index is 0.939. The highest BCUT2D eigenvalue weighted by atomic mass is 15.9. The first-order valence-corrected chi connectivity index (χ1v) is 20.7. The maximum absolute atomic E-state index is 5.84. The average molecular weight is 676 g/mol. The van der Waals surface area contributed by atoms with E-state index in [9.17, 15) is 0 Å². The molecule has 11 rings (SSSR count). The van der Waals surface area contributed by atoms with Crippen molar-refractivity contribution in [1.82, 2.24) is 10.0 Å². The molecule has 0 spiro atoms. The smallest absolute Gasteiger partial charge is 0.140 e. The van der Waals surface area contributed by atoms with Gasteiger partial charge in [-0.1, -0.05) is 126 Å². The van der Waals surface area contributed by atoms with Gasteiger partial charge in [-0.05, 0) is 132 Å². The van der Waals surface area contributed by atoms with E-state index in [2.05, 4.69) is 124 Å². The lowest BCUT2D eigenvalue weighted by Gasteiger charge is -2.36. The predicted octanol–water partition coefficient (Wildman–Crippen LogP) is 11.1. The van der Waals surface area contributed by atoms with Crippen LogP contribution in [0.2, 0.25) is 0 Å². The van der Waals surface area contributed by atoms with E-state index in [4.69, 9.17) is 4.99 Å². The first-order valence-electron chi connectivity index (χ1n) is 20.7. The summed E-state index contributed by atoms with van der Waals surface area (Å²) in [6.45, 7) is 15.1. The molecule has 10 aliphatic rings. The van der Waals surface area contributed by atoms with E-state index in [1.54, 1.807) is 44.6 Å². The highest BCUT2D eigenvalue weighted by Gasteiger charge is 2.63. The van der Waals surface area contributed by atoms with Gasteiger partial charge in [0.2, 0.25) is 0 Å². The van der Waals surface area contributed by atoms with Crippen molar-refractivity contribution >= 4 is 5.84 Å². The molecule has 264 valence electrons. The van der Waals surface area contributed by atoms with Crippen molar-refractivity contribution in [3.05, 3.63) is 117 Å². The van der Waals surface area contributed by atoms with Gasteiger partial charge in [0.25, 0.3) is 0 Å². The molecule has 0 aromatic heterocycles. The number of fused-ring (bicyclic) bond motifs is 8. The molecule has 0 bridgehead atoms. The minimum atomic E-state index is 0.113. The average Bonchev–Trinajstić information content (AvgIpc) is 3.46. The van der Waals surface area contributed by atoms with Gasteiger partial charge >= 0.3 is 0 Å². The van der Waals surface area contributed by atoms with Crippen molar-refractivity contribution in [3.8, 4) is 0 Å². The van der Waals surface area contributed by atoms with Crippen LogP contribution in [0.25, 0.3) is 0 Å². The van der Waals surface area contributed by atoms with Gasteiger partial charge in [0, 0.05) is 17.3 Å². The first-order chi connectivity index (χ1) is 24.6. The van der Waals surface area contributed by atoms with E-state index in [0.29, 0.717) is 47.1 Å². The van der Waals surface area contributed by atoms with Crippen molar-refractivity contribution in [2.45, 2.75) is 123 Å². The molecule has 0 N–H and O–H groups in total. The van der Waals surface area contributed by atoms with Crippen molar-refractivity contribution in [2.24, 2.45) is 51.3 Å². The van der Waals surface area contributed by atoms with E-state index in [-0.39, 0.29) is 17.0 Å². The summed E-state index contributed by atoms with van der Waals surface area (Å²) < 4.78 is 0. The number of hydrazine groups is 1. The number of amidine groups is 1. The van der Waals surface area contributed by atoms with Crippen LogP contribution in [0.4, 0.5) is 0 Å². The summed E-state index contributed by atoms with van der Waals surface area (Å²) in [6, 6.07) is 9.35. The molecule has 3 heteroatoms. The van der Waals surface area contributed by atoms with Gasteiger partial charge in [-0.15, -0.1) is 0 Å². The van der Waals surface area contributed by atoms with E-state index in [1.165, 1.54) is 50.8 Å². The molecule has 3 nitrogen and oxygen atoms in total. The number of allylic oxidation sites excluding steroid dienone is 12. The number of rotatable bonds is 3. The summed E-state index contributed by atoms with van der Waals surface area (Å²) in [5.41, 5.74) is 13.7. The van der Waals surface area contributed by atoms with Gasteiger partial charge in [0.1, 0.15) is 18.2 Å². The fraction of sp³-hybridized carbons (Fsp3) is 0.562. The number of aliphatic imine (C=N–C) groups is 1. The normalized spacial score (nSPS) is 41.2. The lowest BCUT2D eigenvalue weighted by molar-refractivity contribution is 0.185. The van der Waals surface area contributed by atoms with Gasteiger partial charge in [-0.25, -0.2) is 4.99 Å². The summed E-state index contributed by atoms with van der Waals surface area (Å²) in [5, 5.41) is 5.49. The Morgan fingerprint density at radius 3 is 2.61 bits per heavy atom. The van der Waals surface area contributed by atoms with Crippen molar-refractivity contribution in [2.75, 3.05) is 0 Å². The number of hydrogen-bond acceptors (Lipinski definition) is 3. The topological polar surface area (TPSA) is 18.4 Å². The van der Waals surface area contributed by atoms with E-state index >= 15 is 0 Å². The van der Waals surface area contributed by atoms with Crippen LogP contribution < -0.4 is 0 Å². The molecule has 2 fully saturated rings. The minimum Gasteiger partial charge on any atom is -0.265 e. The lowest BCUT2D eigenvalue weighted by Crippen LogP contribution is -2.34. The molecule has 1 aromatic carbocycles. The van der Waals surface area contributed by atoms with Gasteiger partial charge in [0.15, 0.2) is 0 Å². The Labute approximate surface area is 306 Å². The number of benzene rings is 1. The molecule has 1 saturated heterocycles. The van der Waals surface area contributed by atoms with Gasteiger partial charge in [0.05, 0.1) is 0 Å². The third kappa shape index (κ3) is 4.14. The largest absolute Gasteiger partial charge is 0.265 e. The van der Waals surface area contributed by atoms with Crippen molar-refractivity contribution in [3.63, 3.8) is 0 Å². The molecule has 8 aliphatic carbocycles. The Kier molecular flexibility index (Phi) is 6.45. The van der Waals surface area contributed by atoms with Crippen LogP contribution in [-0.2, 0) is 5.41 Å². The highest BCUT2D eigenvalue weighted by Crippen LogP contribution is 2.63. The quantitative estimate of drug-likeness (QED) is 0.234. The molecule has 1 saturated carbocycles. The lowest BCUT2D eigenvalue weighted by atomic mass is 9.69. The van der Waals surface area contributed by atoms with E-state index < -0.39 is 0 Å². The van der Waals surface area contributed by atoms with Crippen LogP contribution in [-0.4, -0.2) is 28.2 Å². The maximum Gasteiger partial charge on any atom is 0.140 e. The van der Waals surface area contributed by atoms with Crippen LogP contribution in [0.15, 0.2) is 111 Å². The van der Waals surface area contributed by atoms with Crippen LogP contribution in [0, 0.1) is 46.3 Å². The Morgan fingerprint density at radius 2 is 1.73 bits per heavy atom. The summed E-state index contributed by atoms with van der Waals surface area (Å²) in [5.74, 6) is 5.69. The zero-order chi connectivity index (χ0) is 34.6. The zero-order valence-electron chi connectivity index (χ0n) is 31.8. The molecule has 2 heterocycles. The predicted molar refractivity (Wildman–Crippen MR) is 209 cm³/mol. The molecule has 1 aromatic rings. The second-order valence-electron chi connectivity index (χ2n) is 19.7. The van der Waals surface area contributed by atoms with Gasteiger partial charge < -0.3 is 0 Å². The molecule has 51 heavy (non-hydrogen) atoms. The Bertz CT molecular complexity index is 1990. The summed E-state index contributed by atoms with van der Waals surface area (Å²) >= 11 is 0. The maximum atomic E-state index is 5.84. The molecule has 10 unspecified atom stereocenters. The number of hydrogen-bond donors (Lipinski definition) is 0. The van der Waals surface area contributed by atoms with Crippen molar-refractivity contribution in [1.29, 1.82) is 0 Å². The van der Waals surface area contributed by atoms with E-state index in [0.717, 1.165) is 18.8 Å². The van der Waals surface area contributed by atoms with Crippen LogP contribution in [0.5, 0.6) is 0 Å². The van der Waals surface area contributed by atoms with Gasteiger partial charge in [-0.3, -0.25) is 5.01 Å². The highest BCUT2D eigenvalue weighted by molar-refractivity contribution is 5.89. The summed E-state index contributed by atoms with van der Waals surface area (Å²) in [4.78, 5) is 5.84. The second-order valence-corrected chi connectivity index (χ2v) is 19.7. The fourth-order valence-electron chi connectivity index (χ4n) is 13.7. The van der Waals surface area contributed by atoms with Gasteiger partial charge in [-0.2, -0.15) is 5.01 Å². The summed E-state index contributed by atoms with van der Waals surface area (Å²) in [7, 11) is 0. The molecule has 0 amide bonds. The van der Waals surface area contributed by atoms with Crippen LogP contribution in [0.3, 0.4) is 0 Å². The Hall–Kier alpha value is -3.17.